The van der Waals surface area contributed by atoms with Gasteiger partial charge in [-0.2, -0.15) is 0 Å². The number of halogens is 1. The quantitative estimate of drug-likeness (QED) is 0.937. The van der Waals surface area contributed by atoms with Gasteiger partial charge in [-0.3, -0.25) is 0 Å². The number of benzene rings is 1. The summed E-state index contributed by atoms with van der Waals surface area (Å²) >= 11 is 3.41. The lowest BCUT2D eigenvalue weighted by Crippen LogP contribution is -1.99. The summed E-state index contributed by atoms with van der Waals surface area (Å²) in [5.74, 6) is 0.636. The molecule has 4 heteroatoms. The minimum Gasteiger partial charge on any atom is -0.481 e. The standard InChI is InChI=1S/C13H13BrN2O/c1-17-13-7-2-10(9-16-13)8-15-12-5-3-11(14)4-6-12/h2-7,9,15H,8H2,1H3. The fourth-order valence-corrected chi connectivity index (χ4v) is 1.67. The van der Waals surface area contributed by atoms with E-state index in [1.54, 1.807) is 7.11 Å². The third-order valence-corrected chi connectivity index (χ3v) is 2.88. The molecule has 0 aliphatic heterocycles. The van der Waals surface area contributed by atoms with Crippen molar-refractivity contribution in [2.75, 3.05) is 12.4 Å². The number of rotatable bonds is 4. The van der Waals surface area contributed by atoms with Gasteiger partial charge < -0.3 is 10.1 Å². The number of anilines is 1. The summed E-state index contributed by atoms with van der Waals surface area (Å²) in [6.45, 7) is 0.749. The zero-order valence-corrected chi connectivity index (χ0v) is 11.1. The van der Waals surface area contributed by atoms with Crippen LogP contribution in [0.5, 0.6) is 5.88 Å². The summed E-state index contributed by atoms with van der Waals surface area (Å²) in [6, 6.07) is 11.9. The lowest BCUT2D eigenvalue weighted by molar-refractivity contribution is 0.397. The smallest absolute Gasteiger partial charge is 0.212 e. The predicted octanol–water partition coefficient (Wildman–Crippen LogP) is 3.46. The van der Waals surface area contributed by atoms with E-state index in [1.807, 2.05) is 42.6 Å². The fraction of sp³-hybridized carbons (Fsp3) is 0.154. The van der Waals surface area contributed by atoms with Gasteiger partial charge in [-0.15, -0.1) is 0 Å². The number of ether oxygens (including phenoxy) is 1. The zero-order valence-electron chi connectivity index (χ0n) is 9.48. The monoisotopic (exact) mass is 292 g/mol. The van der Waals surface area contributed by atoms with E-state index in [4.69, 9.17) is 4.74 Å². The molecule has 1 N–H and O–H groups in total. The van der Waals surface area contributed by atoms with E-state index in [9.17, 15) is 0 Å². The van der Waals surface area contributed by atoms with Crippen molar-refractivity contribution in [2.24, 2.45) is 0 Å². The molecule has 0 bridgehead atoms. The molecule has 0 amide bonds. The molecule has 3 nitrogen and oxygen atoms in total. The van der Waals surface area contributed by atoms with Gasteiger partial charge in [0, 0.05) is 29.0 Å². The molecule has 0 fully saturated rings. The van der Waals surface area contributed by atoms with Gasteiger partial charge >= 0.3 is 0 Å². The molecule has 0 saturated heterocycles. The Kier molecular flexibility index (Phi) is 3.98. The lowest BCUT2D eigenvalue weighted by atomic mass is 10.2. The molecule has 0 unspecified atom stereocenters. The second-order valence-electron chi connectivity index (χ2n) is 3.57. The van der Waals surface area contributed by atoms with E-state index < -0.39 is 0 Å². The average molecular weight is 293 g/mol. The van der Waals surface area contributed by atoms with Crippen molar-refractivity contribution in [2.45, 2.75) is 6.54 Å². The molecule has 2 rings (SSSR count). The van der Waals surface area contributed by atoms with E-state index in [1.165, 1.54) is 0 Å². The Morgan fingerprint density at radius 3 is 2.53 bits per heavy atom. The highest BCUT2D eigenvalue weighted by Gasteiger charge is 1.96. The first-order valence-corrected chi connectivity index (χ1v) is 6.05. The van der Waals surface area contributed by atoms with Crippen molar-refractivity contribution in [3.8, 4) is 5.88 Å². The summed E-state index contributed by atoms with van der Waals surface area (Å²) in [5, 5.41) is 3.32. The number of hydrogen-bond acceptors (Lipinski definition) is 3. The van der Waals surface area contributed by atoms with E-state index in [0.717, 1.165) is 22.3 Å². The molecule has 1 heterocycles. The first-order chi connectivity index (χ1) is 8.28. The lowest BCUT2D eigenvalue weighted by Gasteiger charge is -2.06. The van der Waals surface area contributed by atoms with Crippen molar-refractivity contribution in [1.29, 1.82) is 0 Å². The molecule has 0 spiro atoms. The van der Waals surface area contributed by atoms with Crippen LogP contribution in [0.2, 0.25) is 0 Å². The number of hydrogen-bond donors (Lipinski definition) is 1. The van der Waals surface area contributed by atoms with E-state index >= 15 is 0 Å². The Morgan fingerprint density at radius 1 is 1.18 bits per heavy atom. The van der Waals surface area contributed by atoms with Crippen LogP contribution in [0.25, 0.3) is 0 Å². The van der Waals surface area contributed by atoms with Gasteiger partial charge in [0.2, 0.25) is 5.88 Å². The Morgan fingerprint density at radius 2 is 1.94 bits per heavy atom. The van der Waals surface area contributed by atoms with Crippen molar-refractivity contribution in [3.63, 3.8) is 0 Å². The van der Waals surface area contributed by atoms with E-state index in [2.05, 4.69) is 26.2 Å². The van der Waals surface area contributed by atoms with E-state index in [-0.39, 0.29) is 0 Å². The van der Waals surface area contributed by atoms with Crippen LogP contribution in [-0.2, 0) is 6.54 Å². The minimum atomic E-state index is 0.636. The van der Waals surface area contributed by atoms with Gasteiger partial charge in [-0.05, 0) is 29.8 Å². The van der Waals surface area contributed by atoms with Gasteiger partial charge in [0.25, 0.3) is 0 Å². The van der Waals surface area contributed by atoms with Gasteiger partial charge in [0.15, 0.2) is 0 Å². The number of nitrogens with zero attached hydrogens (tertiary/aromatic N) is 1. The molecule has 0 atom stereocenters. The first-order valence-electron chi connectivity index (χ1n) is 5.26. The normalized spacial score (nSPS) is 10.0. The maximum Gasteiger partial charge on any atom is 0.212 e. The first kappa shape index (κ1) is 11.9. The Labute approximate surface area is 109 Å². The summed E-state index contributed by atoms with van der Waals surface area (Å²) in [7, 11) is 1.61. The van der Waals surface area contributed by atoms with Crippen molar-refractivity contribution in [1.82, 2.24) is 4.98 Å². The summed E-state index contributed by atoms with van der Waals surface area (Å²) in [5.41, 5.74) is 2.21. The maximum absolute atomic E-state index is 5.01. The second-order valence-corrected chi connectivity index (χ2v) is 4.48. The Bertz CT molecular complexity index is 468. The molecule has 0 aliphatic rings. The molecular weight excluding hydrogens is 280 g/mol. The highest BCUT2D eigenvalue weighted by Crippen LogP contribution is 2.15. The SMILES string of the molecule is COc1ccc(CNc2ccc(Br)cc2)cn1. The van der Waals surface area contributed by atoms with Crippen LogP contribution in [0.4, 0.5) is 5.69 Å². The number of pyridine rings is 1. The van der Waals surface area contributed by atoms with Crippen LogP contribution >= 0.6 is 15.9 Å². The van der Waals surface area contributed by atoms with Gasteiger partial charge in [0.1, 0.15) is 0 Å². The maximum atomic E-state index is 5.01. The predicted molar refractivity (Wildman–Crippen MR) is 72.3 cm³/mol. The molecule has 88 valence electrons. The molecule has 0 aliphatic carbocycles. The van der Waals surface area contributed by atoms with Crippen molar-refractivity contribution < 1.29 is 4.74 Å². The molecule has 2 aromatic rings. The second kappa shape index (κ2) is 5.68. The average Bonchev–Trinajstić information content (AvgIpc) is 2.39. The molecule has 1 aromatic heterocycles. The van der Waals surface area contributed by atoms with Crippen molar-refractivity contribution in [3.05, 3.63) is 52.6 Å². The van der Waals surface area contributed by atoms with Crippen LogP contribution in [0.1, 0.15) is 5.56 Å². The summed E-state index contributed by atoms with van der Waals surface area (Å²) in [4.78, 5) is 4.15. The largest absolute Gasteiger partial charge is 0.481 e. The van der Waals surface area contributed by atoms with Crippen LogP contribution in [-0.4, -0.2) is 12.1 Å². The highest BCUT2D eigenvalue weighted by molar-refractivity contribution is 9.10. The fourth-order valence-electron chi connectivity index (χ4n) is 1.41. The number of aromatic nitrogens is 1. The van der Waals surface area contributed by atoms with Gasteiger partial charge in [0.05, 0.1) is 7.11 Å². The third kappa shape index (κ3) is 3.46. The topological polar surface area (TPSA) is 34.1 Å². The van der Waals surface area contributed by atoms with Crippen LogP contribution in [0, 0.1) is 0 Å². The van der Waals surface area contributed by atoms with Gasteiger partial charge in [-0.25, -0.2) is 4.98 Å². The highest BCUT2D eigenvalue weighted by atomic mass is 79.9. The number of nitrogens with one attached hydrogen (secondary N) is 1. The Hall–Kier alpha value is -1.55. The molecule has 0 radical (unpaired) electrons. The van der Waals surface area contributed by atoms with Crippen LogP contribution < -0.4 is 10.1 Å². The number of methoxy groups -OCH3 is 1. The summed E-state index contributed by atoms with van der Waals surface area (Å²) in [6.07, 6.45) is 1.81. The van der Waals surface area contributed by atoms with Crippen LogP contribution in [0.15, 0.2) is 47.1 Å². The molecule has 1 aromatic carbocycles. The molecule has 17 heavy (non-hydrogen) atoms. The van der Waals surface area contributed by atoms with E-state index in [0.29, 0.717) is 5.88 Å². The van der Waals surface area contributed by atoms with Gasteiger partial charge in [-0.1, -0.05) is 22.0 Å². The molecular formula is C13H13BrN2O. The Balaban J connectivity index is 1.95. The summed E-state index contributed by atoms with van der Waals surface area (Å²) < 4.78 is 6.09. The molecule has 0 saturated carbocycles. The minimum absolute atomic E-state index is 0.636. The third-order valence-electron chi connectivity index (χ3n) is 2.35. The zero-order chi connectivity index (χ0) is 12.1. The van der Waals surface area contributed by atoms with Crippen LogP contribution in [0.3, 0.4) is 0 Å². The van der Waals surface area contributed by atoms with Crippen molar-refractivity contribution >= 4 is 21.6 Å².